The maximum atomic E-state index is 12.4. The summed E-state index contributed by atoms with van der Waals surface area (Å²) in [5.74, 6) is 0.472. The Hall–Kier alpha value is -2.19. The van der Waals surface area contributed by atoms with Crippen molar-refractivity contribution in [3.63, 3.8) is 0 Å². The average Bonchev–Trinajstić information content (AvgIpc) is 3.28. The molecule has 1 fully saturated rings. The molecule has 0 unspecified atom stereocenters. The number of esters is 1. The number of aromatic nitrogens is 2. The third-order valence-corrected chi connectivity index (χ3v) is 5.32. The highest BCUT2D eigenvalue weighted by atomic mass is 32.1. The zero-order valence-corrected chi connectivity index (χ0v) is 15.2. The van der Waals surface area contributed by atoms with E-state index >= 15 is 0 Å². The Morgan fingerprint density at radius 1 is 1.52 bits per heavy atom. The molecule has 1 amide bonds. The van der Waals surface area contributed by atoms with Gasteiger partial charge in [0.2, 0.25) is 5.91 Å². The quantitative estimate of drug-likeness (QED) is 0.772. The van der Waals surface area contributed by atoms with Crippen LogP contribution in [0.15, 0.2) is 18.5 Å². The molecule has 0 aromatic carbocycles. The van der Waals surface area contributed by atoms with Crippen LogP contribution in [0.4, 0.5) is 5.00 Å². The Balaban J connectivity index is 1.61. The van der Waals surface area contributed by atoms with Gasteiger partial charge in [-0.25, -0.2) is 9.78 Å². The van der Waals surface area contributed by atoms with Crippen LogP contribution in [0.5, 0.6) is 0 Å². The molecule has 1 aliphatic rings. The first kappa shape index (κ1) is 17.6. The van der Waals surface area contributed by atoms with Gasteiger partial charge < -0.3 is 15.0 Å². The van der Waals surface area contributed by atoms with E-state index in [1.54, 1.807) is 19.3 Å². The number of ether oxygens (including phenoxy) is 1. The fourth-order valence-corrected chi connectivity index (χ4v) is 4.07. The second kappa shape index (κ2) is 7.79. The van der Waals surface area contributed by atoms with E-state index in [-0.39, 0.29) is 17.9 Å². The number of nitrogens with one attached hydrogen (secondary N) is 2. The van der Waals surface area contributed by atoms with Gasteiger partial charge >= 0.3 is 5.97 Å². The van der Waals surface area contributed by atoms with Gasteiger partial charge in [-0.05, 0) is 44.9 Å². The van der Waals surface area contributed by atoms with Crippen molar-refractivity contribution in [3.05, 3.63) is 34.7 Å². The lowest BCUT2D eigenvalue weighted by Gasteiger charge is -2.21. The van der Waals surface area contributed by atoms with E-state index in [0.29, 0.717) is 23.0 Å². The summed E-state index contributed by atoms with van der Waals surface area (Å²) in [4.78, 5) is 34.4. The number of anilines is 1. The fourth-order valence-electron chi connectivity index (χ4n) is 3.09. The van der Waals surface area contributed by atoms with E-state index in [2.05, 4.69) is 20.2 Å². The minimum atomic E-state index is -0.345. The molecule has 8 heteroatoms. The Morgan fingerprint density at radius 3 is 3.08 bits per heavy atom. The molecule has 134 valence electrons. The van der Waals surface area contributed by atoms with E-state index in [4.69, 9.17) is 4.74 Å². The fraction of sp³-hybridized carbons (Fsp3) is 0.471. The number of hydrogen-bond donors (Lipinski definition) is 2. The molecule has 0 spiro atoms. The summed E-state index contributed by atoms with van der Waals surface area (Å²) in [5.41, 5.74) is 0.813. The van der Waals surface area contributed by atoms with Crippen LogP contribution in [0.25, 0.3) is 0 Å². The van der Waals surface area contributed by atoms with Gasteiger partial charge in [-0.15, -0.1) is 11.3 Å². The number of imidazole rings is 1. The number of hydrogen-bond acceptors (Lipinski definition) is 6. The van der Waals surface area contributed by atoms with Crippen LogP contribution in [-0.4, -0.2) is 46.4 Å². The SMILES string of the molecule is CCOC(=O)c1sc(NC(=O)CN2CCC[C@H]2c2ncc[nH]2)cc1C. The third kappa shape index (κ3) is 4.08. The molecule has 3 rings (SSSR count). The summed E-state index contributed by atoms with van der Waals surface area (Å²) in [7, 11) is 0. The molecule has 1 aliphatic heterocycles. The van der Waals surface area contributed by atoms with Crippen LogP contribution in [-0.2, 0) is 9.53 Å². The van der Waals surface area contributed by atoms with Crippen LogP contribution in [0.1, 0.15) is 46.9 Å². The standard InChI is InChI=1S/C17H22N4O3S/c1-3-24-17(23)15-11(2)9-14(25-15)20-13(22)10-21-8-4-5-12(21)16-18-6-7-19-16/h6-7,9,12H,3-5,8,10H2,1-2H3,(H,18,19)(H,20,22)/t12-/m0/s1. The number of nitrogens with zero attached hydrogens (tertiary/aromatic N) is 2. The molecule has 1 atom stereocenters. The van der Waals surface area contributed by atoms with E-state index in [1.807, 2.05) is 13.0 Å². The lowest BCUT2D eigenvalue weighted by Crippen LogP contribution is -2.33. The van der Waals surface area contributed by atoms with Crippen LogP contribution < -0.4 is 5.32 Å². The van der Waals surface area contributed by atoms with Gasteiger partial charge in [0.05, 0.1) is 24.2 Å². The molecule has 2 N–H and O–H groups in total. The van der Waals surface area contributed by atoms with Gasteiger partial charge in [0.15, 0.2) is 0 Å². The van der Waals surface area contributed by atoms with Gasteiger partial charge in [0.1, 0.15) is 10.7 Å². The molecule has 3 heterocycles. The molecule has 0 bridgehead atoms. The number of carbonyl (C=O) groups is 2. The van der Waals surface area contributed by atoms with Crippen molar-refractivity contribution in [1.82, 2.24) is 14.9 Å². The van der Waals surface area contributed by atoms with E-state index in [9.17, 15) is 9.59 Å². The number of thiophene rings is 1. The summed E-state index contributed by atoms with van der Waals surface area (Å²) in [6.45, 7) is 5.12. The van der Waals surface area contributed by atoms with Crippen molar-refractivity contribution in [1.29, 1.82) is 0 Å². The molecular formula is C17H22N4O3S. The van der Waals surface area contributed by atoms with Crippen molar-refractivity contribution >= 4 is 28.2 Å². The van der Waals surface area contributed by atoms with Crippen molar-refractivity contribution in [2.45, 2.75) is 32.7 Å². The van der Waals surface area contributed by atoms with Crippen molar-refractivity contribution in [2.24, 2.45) is 0 Å². The number of aromatic amines is 1. The summed E-state index contributed by atoms with van der Waals surface area (Å²) < 4.78 is 5.03. The van der Waals surface area contributed by atoms with Crippen molar-refractivity contribution in [3.8, 4) is 0 Å². The first-order valence-corrected chi connectivity index (χ1v) is 9.21. The number of rotatable bonds is 6. The van der Waals surface area contributed by atoms with Crippen LogP contribution >= 0.6 is 11.3 Å². The highest BCUT2D eigenvalue weighted by Crippen LogP contribution is 2.30. The number of amides is 1. The second-order valence-electron chi connectivity index (χ2n) is 5.99. The first-order chi connectivity index (χ1) is 12.1. The van der Waals surface area contributed by atoms with Crippen LogP contribution in [0, 0.1) is 6.92 Å². The average molecular weight is 362 g/mol. The summed E-state index contributed by atoms with van der Waals surface area (Å²) in [6, 6.07) is 1.96. The Morgan fingerprint density at radius 2 is 2.36 bits per heavy atom. The molecule has 0 radical (unpaired) electrons. The molecule has 2 aromatic heterocycles. The first-order valence-electron chi connectivity index (χ1n) is 8.39. The summed E-state index contributed by atoms with van der Waals surface area (Å²) in [6.07, 6.45) is 5.57. The zero-order valence-electron chi connectivity index (χ0n) is 14.4. The second-order valence-corrected chi connectivity index (χ2v) is 7.05. The van der Waals surface area contributed by atoms with Crippen molar-refractivity contribution in [2.75, 3.05) is 25.0 Å². The van der Waals surface area contributed by atoms with Gasteiger partial charge in [0, 0.05) is 12.4 Å². The smallest absolute Gasteiger partial charge is 0.348 e. The molecule has 0 aliphatic carbocycles. The van der Waals surface area contributed by atoms with Gasteiger partial charge in [0.25, 0.3) is 0 Å². The van der Waals surface area contributed by atoms with Gasteiger partial charge in [-0.1, -0.05) is 0 Å². The highest BCUT2D eigenvalue weighted by Gasteiger charge is 2.29. The summed E-state index contributed by atoms with van der Waals surface area (Å²) in [5, 5.41) is 3.56. The number of likely N-dealkylation sites (tertiary alicyclic amines) is 1. The third-order valence-electron chi connectivity index (χ3n) is 4.19. The summed E-state index contributed by atoms with van der Waals surface area (Å²) >= 11 is 1.25. The zero-order chi connectivity index (χ0) is 17.8. The van der Waals surface area contributed by atoms with Crippen LogP contribution in [0.2, 0.25) is 0 Å². The molecule has 2 aromatic rings. The normalized spacial score (nSPS) is 17.6. The predicted molar refractivity (Wildman–Crippen MR) is 95.8 cm³/mol. The lowest BCUT2D eigenvalue weighted by atomic mass is 10.2. The molecular weight excluding hydrogens is 340 g/mol. The molecule has 0 saturated carbocycles. The maximum Gasteiger partial charge on any atom is 0.348 e. The van der Waals surface area contributed by atoms with E-state index < -0.39 is 0 Å². The minimum absolute atomic E-state index is 0.0879. The Kier molecular flexibility index (Phi) is 5.50. The van der Waals surface area contributed by atoms with Crippen LogP contribution in [0.3, 0.4) is 0 Å². The minimum Gasteiger partial charge on any atom is -0.462 e. The maximum absolute atomic E-state index is 12.4. The van der Waals surface area contributed by atoms with Gasteiger partial charge in [-0.3, -0.25) is 9.69 Å². The predicted octanol–water partition coefficient (Wildman–Crippen LogP) is 2.73. The van der Waals surface area contributed by atoms with E-state index in [0.717, 1.165) is 30.8 Å². The van der Waals surface area contributed by atoms with Crippen molar-refractivity contribution < 1.29 is 14.3 Å². The molecule has 25 heavy (non-hydrogen) atoms. The monoisotopic (exact) mass is 362 g/mol. The van der Waals surface area contributed by atoms with Gasteiger partial charge in [-0.2, -0.15) is 0 Å². The highest BCUT2D eigenvalue weighted by molar-refractivity contribution is 7.18. The topological polar surface area (TPSA) is 87.3 Å². The largest absolute Gasteiger partial charge is 0.462 e. The number of aryl methyl sites for hydroxylation is 1. The molecule has 7 nitrogen and oxygen atoms in total. The Bertz CT molecular complexity index is 741. The lowest BCUT2D eigenvalue weighted by molar-refractivity contribution is -0.117. The Labute approximate surface area is 150 Å². The molecule has 1 saturated heterocycles. The number of H-pyrrole nitrogens is 1. The van der Waals surface area contributed by atoms with E-state index in [1.165, 1.54) is 11.3 Å². The number of carbonyl (C=O) groups excluding carboxylic acids is 2.